The number of hydrogen-bond donors (Lipinski definition) is 2. The van der Waals surface area contributed by atoms with Gasteiger partial charge in [-0.2, -0.15) is 0 Å². The largest absolute Gasteiger partial charge is 0.489 e. The topological polar surface area (TPSA) is 119 Å². The van der Waals surface area contributed by atoms with Gasteiger partial charge < -0.3 is 34.0 Å². The summed E-state index contributed by atoms with van der Waals surface area (Å²) in [5, 5.41) is 26.5. The monoisotopic (exact) mass is 820 g/mol. The Morgan fingerprint density at radius 1 is 0.983 bits per heavy atom. The minimum atomic E-state index is -1.46. The predicted octanol–water partition coefficient (Wildman–Crippen LogP) is 9.48. The Morgan fingerprint density at radius 3 is 2.50 bits per heavy atom. The van der Waals surface area contributed by atoms with E-state index in [-0.39, 0.29) is 69.6 Å². The summed E-state index contributed by atoms with van der Waals surface area (Å²) in [5.41, 5.74) is 3.89. The quantitative estimate of drug-likeness (QED) is 0.0546. The molecular formula is C49H57FN2O8. The van der Waals surface area contributed by atoms with Crippen LogP contribution < -0.4 is 9.47 Å². The number of carbonyl (C=O) groups excluding carboxylic acids is 1. The molecule has 2 N–H and O–H groups in total. The van der Waals surface area contributed by atoms with Crippen molar-refractivity contribution in [3.05, 3.63) is 132 Å². The lowest BCUT2D eigenvalue weighted by Crippen LogP contribution is -2.70. The predicted molar refractivity (Wildman–Crippen MR) is 229 cm³/mol. The molecule has 0 bridgehead atoms. The second-order valence-electron chi connectivity index (χ2n) is 15.8. The number of amides is 1. The highest BCUT2D eigenvalue weighted by Gasteiger charge is 2.65. The van der Waals surface area contributed by atoms with Gasteiger partial charge in [0.25, 0.3) is 0 Å². The fraction of sp³-hybridized carbons (Fsp3) is 0.429. The number of oxime groups is 1. The highest BCUT2D eigenvalue weighted by atomic mass is 19.1. The maximum absolute atomic E-state index is 14.7. The van der Waals surface area contributed by atoms with E-state index in [1.807, 2.05) is 42.5 Å². The number of aliphatic hydroxyl groups is 2. The molecule has 7 rings (SSSR count). The lowest BCUT2D eigenvalue weighted by atomic mass is 9.55. The Hall–Kier alpha value is -5.23. The Bertz CT molecular complexity index is 2170. The summed E-state index contributed by atoms with van der Waals surface area (Å²) in [4.78, 5) is 21.9. The summed E-state index contributed by atoms with van der Waals surface area (Å²) in [6.45, 7) is 6.52. The molecule has 0 aromatic heterocycles. The average molecular weight is 821 g/mol. The molecule has 0 radical (unpaired) electrons. The van der Waals surface area contributed by atoms with Crippen LogP contribution in [0.4, 0.5) is 9.18 Å². The van der Waals surface area contributed by atoms with Gasteiger partial charge in [0.2, 0.25) is 5.79 Å². The van der Waals surface area contributed by atoms with E-state index >= 15 is 0 Å². The number of allylic oxidation sites excluding steroid dienone is 1. The molecular weight excluding hydrogens is 764 g/mol. The zero-order chi connectivity index (χ0) is 42.1. The minimum absolute atomic E-state index is 0.0248. The van der Waals surface area contributed by atoms with Gasteiger partial charge >= 0.3 is 6.09 Å². The van der Waals surface area contributed by atoms with Gasteiger partial charge in [-0.05, 0) is 90.6 Å². The number of fused-ring (bicyclic) bond motifs is 3. The Morgan fingerprint density at radius 2 is 1.73 bits per heavy atom. The average Bonchev–Trinajstić information content (AvgIpc) is 3.26. The van der Waals surface area contributed by atoms with Gasteiger partial charge in [-0.3, -0.25) is 4.90 Å². The number of nitrogens with zero attached hydrogens (tertiary/aromatic N) is 2. The molecule has 11 heteroatoms. The first-order chi connectivity index (χ1) is 29.4. The second kappa shape index (κ2) is 19.9. The van der Waals surface area contributed by atoms with Gasteiger partial charge in [-0.15, -0.1) is 6.58 Å². The third-order valence-corrected chi connectivity index (χ3v) is 12.3. The molecule has 1 heterocycles. The molecule has 4 aromatic rings. The number of benzene rings is 4. The molecule has 0 spiro atoms. The fourth-order valence-corrected chi connectivity index (χ4v) is 9.75. The molecule has 1 saturated carbocycles. The van der Waals surface area contributed by atoms with Gasteiger partial charge in [-0.25, -0.2) is 9.18 Å². The molecule has 1 amide bonds. The van der Waals surface area contributed by atoms with Crippen molar-refractivity contribution in [3.8, 4) is 11.5 Å². The third-order valence-electron chi connectivity index (χ3n) is 12.3. The van der Waals surface area contributed by atoms with Crippen LogP contribution >= 0.6 is 0 Å². The van der Waals surface area contributed by atoms with Crippen LogP contribution in [0.5, 0.6) is 11.5 Å². The molecule has 0 saturated heterocycles. The summed E-state index contributed by atoms with van der Waals surface area (Å²) in [7, 11) is 1.53. The van der Waals surface area contributed by atoms with E-state index in [4.69, 9.17) is 23.8 Å². The van der Waals surface area contributed by atoms with Crippen LogP contribution in [0, 0.1) is 23.6 Å². The molecule has 2 aliphatic carbocycles. The number of aliphatic hydroxyl groups excluding tert-OH is 2. The van der Waals surface area contributed by atoms with Crippen molar-refractivity contribution in [2.45, 2.75) is 82.8 Å². The number of hydrogen-bond acceptors (Lipinski definition) is 9. The van der Waals surface area contributed by atoms with Crippen molar-refractivity contribution in [1.29, 1.82) is 0 Å². The lowest BCUT2D eigenvalue weighted by molar-refractivity contribution is -0.256. The van der Waals surface area contributed by atoms with Crippen molar-refractivity contribution < 1.29 is 43.2 Å². The summed E-state index contributed by atoms with van der Waals surface area (Å²) >= 11 is 0. The molecule has 1 aliphatic heterocycles. The van der Waals surface area contributed by atoms with E-state index in [9.17, 15) is 19.4 Å². The van der Waals surface area contributed by atoms with E-state index in [0.717, 1.165) is 53.2 Å². The Labute approximate surface area is 352 Å². The first kappa shape index (κ1) is 42.9. The molecule has 0 unspecified atom stereocenters. The fourth-order valence-electron chi connectivity index (χ4n) is 9.75. The van der Waals surface area contributed by atoms with Crippen LogP contribution in [0.15, 0.2) is 114 Å². The molecule has 10 nitrogen and oxygen atoms in total. The van der Waals surface area contributed by atoms with Crippen molar-refractivity contribution in [3.63, 3.8) is 0 Å². The molecule has 6 atom stereocenters. The van der Waals surface area contributed by atoms with Gasteiger partial charge in [0.1, 0.15) is 37.1 Å². The number of carbonyl (C=O) groups is 1. The number of ether oxygens (including phenoxy) is 4. The normalized spacial score (nSPS) is 23.5. The highest BCUT2D eigenvalue weighted by molar-refractivity contribution is 6.03. The van der Waals surface area contributed by atoms with E-state index in [0.29, 0.717) is 35.6 Å². The smallest absolute Gasteiger partial charge is 0.410 e. The van der Waals surface area contributed by atoms with Crippen molar-refractivity contribution in [2.75, 3.05) is 33.5 Å². The summed E-state index contributed by atoms with van der Waals surface area (Å²) < 4.78 is 41.3. The van der Waals surface area contributed by atoms with Crippen molar-refractivity contribution in [2.24, 2.45) is 22.9 Å². The molecule has 1 fully saturated rings. The van der Waals surface area contributed by atoms with Crippen LogP contribution in [0.3, 0.4) is 0 Å². The van der Waals surface area contributed by atoms with Gasteiger partial charge in [0.05, 0.1) is 31.4 Å². The van der Waals surface area contributed by atoms with Crippen molar-refractivity contribution >= 4 is 22.6 Å². The summed E-state index contributed by atoms with van der Waals surface area (Å²) in [5.74, 6) is -1.31. The van der Waals surface area contributed by atoms with E-state index < -0.39 is 23.8 Å². The standard InChI is InChI=1S/C49H57FN2O8/c1-4-27-59-49-45(52(48(55)57-5-2)31-35-19-14-18-33-15-6-8-20-38(33)35)30-43(51-56-3)40-28-34(16-10-12-25-53)39(21-11-13-26-54)46(47(40)49)41-29-37(23-24-44(41)60-49)58-32-36-17-7-9-22-42(36)50/h4,6-9,14-15,17-20,22-24,28-29,34,39,45-47,53-54H,1,5,10-13,16,21,25-27,30-32H2,2-3H3/t34-,39+,45-,46+,47+,49+/m0/s1. The van der Waals surface area contributed by atoms with Gasteiger partial charge in [0.15, 0.2) is 0 Å². The Balaban J connectivity index is 1.43. The third kappa shape index (κ3) is 8.80. The molecule has 60 heavy (non-hydrogen) atoms. The van der Waals surface area contributed by atoms with Crippen LogP contribution in [0.1, 0.15) is 74.5 Å². The number of unbranched alkanes of at least 4 members (excludes halogenated alkanes) is 2. The van der Waals surface area contributed by atoms with Gasteiger partial charge in [-0.1, -0.05) is 90.8 Å². The van der Waals surface area contributed by atoms with E-state index in [1.165, 1.54) is 13.2 Å². The maximum Gasteiger partial charge on any atom is 0.410 e. The minimum Gasteiger partial charge on any atom is -0.489 e. The number of halogens is 1. The summed E-state index contributed by atoms with van der Waals surface area (Å²) in [6.07, 6.45) is 8.22. The zero-order valence-corrected chi connectivity index (χ0v) is 34.6. The zero-order valence-electron chi connectivity index (χ0n) is 34.6. The SMILES string of the molecule is C=CCO[C@@]12Oc3ccc(OCc4ccccc4F)cc3[C@H]3[C@H](CCCCO)[C@@H](CCCCO)C=C(C(=NOC)C[C@@H]1N(Cc1cccc4ccccc14)C(=O)OCC)[C@H]32. The van der Waals surface area contributed by atoms with E-state index in [1.54, 1.807) is 36.1 Å². The Kier molecular flexibility index (Phi) is 14.2. The van der Waals surface area contributed by atoms with Crippen LogP contribution in [-0.2, 0) is 27.5 Å². The molecule has 4 aromatic carbocycles. The number of rotatable bonds is 19. The van der Waals surface area contributed by atoms with Crippen molar-refractivity contribution in [1.82, 2.24) is 4.90 Å². The first-order valence-corrected chi connectivity index (χ1v) is 21.2. The van der Waals surface area contributed by atoms with E-state index in [2.05, 4.69) is 36.0 Å². The van der Waals surface area contributed by atoms with Crippen LogP contribution in [-0.4, -0.2) is 72.3 Å². The summed E-state index contributed by atoms with van der Waals surface area (Å²) in [6, 6.07) is 25.7. The maximum atomic E-state index is 14.7. The lowest BCUT2D eigenvalue weighted by Gasteiger charge is -2.59. The first-order valence-electron chi connectivity index (χ1n) is 21.2. The molecule has 3 aliphatic rings. The van der Waals surface area contributed by atoms with Gasteiger partial charge in [0, 0.05) is 36.7 Å². The second-order valence-corrected chi connectivity index (χ2v) is 15.8. The highest BCUT2D eigenvalue weighted by Crippen LogP contribution is 2.62. The molecule has 318 valence electrons. The van der Waals surface area contributed by atoms with Crippen LogP contribution in [0.2, 0.25) is 0 Å². The van der Waals surface area contributed by atoms with Crippen LogP contribution in [0.25, 0.3) is 10.8 Å².